The summed E-state index contributed by atoms with van der Waals surface area (Å²) in [7, 11) is 1.39. The molecule has 0 spiro atoms. The van der Waals surface area contributed by atoms with Gasteiger partial charge in [0.1, 0.15) is 12.4 Å². The van der Waals surface area contributed by atoms with Gasteiger partial charge in [0.15, 0.2) is 0 Å². The number of esters is 1. The van der Waals surface area contributed by atoms with Crippen LogP contribution in [0.1, 0.15) is 38.5 Å². The van der Waals surface area contributed by atoms with Crippen molar-refractivity contribution in [2.24, 2.45) is 0 Å². The maximum Gasteiger partial charge on any atom is 0.305 e. The Morgan fingerprint density at radius 2 is 1.42 bits per heavy atom. The third kappa shape index (κ3) is 12.2. The molecular formula is C23H22O3. The lowest BCUT2D eigenvalue weighted by Crippen LogP contribution is -1.98. The molecule has 0 aliphatic carbocycles. The monoisotopic (exact) mass is 346 g/mol. The van der Waals surface area contributed by atoms with E-state index in [-0.39, 0.29) is 5.97 Å². The maximum absolute atomic E-state index is 10.9. The molecule has 0 radical (unpaired) electrons. The molecule has 0 aliphatic rings. The molecule has 0 aromatic heterocycles. The van der Waals surface area contributed by atoms with Crippen molar-refractivity contribution < 1.29 is 14.3 Å². The Bertz CT molecular complexity index is 778. The highest BCUT2D eigenvalue weighted by Crippen LogP contribution is 2.07. The molecule has 0 N–H and O–H groups in total. The largest absolute Gasteiger partial charge is 0.481 e. The van der Waals surface area contributed by atoms with Crippen LogP contribution in [-0.2, 0) is 9.53 Å². The van der Waals surface area contributed by atoms with E-state index in [0.29, 0.717) is 38.7 Å². The molecule has 1 aromatic rings. The fourth-order valence-electron chi connectivity index (χ4n) is 1.71. The summed E-state index contributed by atoms with van der Waals surface area (Å²) in [4.78, 5) is 10.9. The molecule has 0 fully saturated rings. The van der Waals surface area contributed by atoms with Crippen molar-refractivity contribution in [3.8, 4) is 53.1 Å². The van der Waals surface area contributed by atoms with Crippen LogP contribution in [0.4, 0.5) is 0 Å². The van der Waals surface area contributed by atoms with E-state index in [9.17, 15) is 4.79 Å². The van der Waals surface area contributed by atoms with Gasteiger partial charge < -0.3 is 9.47 Å². The van der Waals surface area contributed by atoms with Crippen LogP contribution in [0.25, 0.3) is 0 Å². The van der Waals surface area contributed by atoms with Gasteiger partial charge in [-0.3, -0.25) is 4.79 Å². The summed E-state index contributed by atoms with van der Waals surface area (Å²) in [5.74, 6) is 24.2. The normalized spacial score (nSPS) is 8.19. The summed E-state index contributed by atoms with van der Waals surface area (Å²) < 4.78 is 10.0. The molecule has 26 heavy (non-hydrogen) atoms. The van der Waals surface area contributed by atoms with Crippen LogP contribution in [0.5, 0.6) is 5.75 Å². The quantitative estimate of drug-likeness (QED) is 0.464. The number of rotatable bonds is 5. The molecule has 0 atom stereocenters. The second-order valence-corrected chi connectivity index (χ2v) is 4.98. The summed E-state index contributed by atoms with van der Waals surface area (Å²) >= 11 is 0. The van der Waals surface area contributed by atoms with Gasteiger partial charge in [0.25, 0.3) is 0 Å². The van der Waals surface area contributed by atoms with Crippen LogP contribution >= 0.6 is 0 Å². The minimum absolute atomic E-state index is 0.196. The first-order valence-corrected chi connectivity index (χ1v) is 8.40. The average molecular weight is 346 g/mol. The minimum Gasteiger partial charge on any atom is -0.481 e. The van der Waals surface area contributed by atoms with E-state index in [0.717, 1.165) is 12.2 Å². The zero-order valence-electron chi connectivity index (χ0n) is 15.1. The molecule has 132 valence electrons. The van der Waals surface area contributed by atoms with E-state index in [1.165, 1.54) is 7.11 Å². The average Bonchev–Trinajstić information content (AvgIpc) is 2.68. The number of carbonyl (C=O) groups is 1. The molecule has 1 aromatic carbocycles. The Kier molecular flexibility index (Phi) is 12.2. The molecule has 0 bridgehead atoms. The van der Waals surface area contributed by atoms with Gasteiger partial charge in [-0.2, -0.15) is 0 Å². The number of methoxy groups -OCH3 is 1. The summed E-state index contributed by atoms with van der Waals surface area (Å²) in [6.07, 6.45) is 3.37. The molecular weight excluding hydrogens is 324 g/mol. The van der Waals surface area contributed by atoms with E-state index in [1.807, 2.05) is 30.3 Å². The Labute approximate surface area is 156 Å². The van der Waals surface area contributed by atoms with Crippen molar-refractivity contribution in [2.45, 2.75) is 38.5 Å². The summed E-state index contributed by atoms with van der Waals surface area (Å²) in [6, 6.07) is 9.58. The predicted molar refractivity (Wildman–Crippen MR) is 103 cm³/mol. The molecule has 0 saturated heterocycles. The van der Waals surface area contributed by atoms with Gasteiger partial charge in [-0.05, 0) is 18.6 Å². The van der Waals surface area contributed by atoms with E-state index >= 15 is 0 Å². The molecule has 1 rings (SSSR count). The van der Waals surface area contributed by atoms with Crippen LogP contribution in [0, 0.1) is 47.4 Å². The molecule has 0 saturated carbocycles. The highest BCUT2D eigenvalue weighted by atomic mass is 16.5. The van der Waals surface area contributed by atoms with E-state index < -0.39 is 0 Å². The van der Waals surface area contributed by atoms with E-state index in [2.05, 4.69) is 52.1 Å². The fourth-order valence-corrected chi connectivity index (χ4v) is 1.71. The van der Waals surface area contributed by atoms with Crippen molar-refractivity contribution in [3.05, 3.63) is 30.3 Å². The molecule has 0 aliphatic heterocycles. The Morgan fingerprint density at radius 1 is 0.846 bits per heavy atom. The highest BCUT2D eigenvalue weighted by Gasteiger charge is 1.96. The number of ether oxygens (including phenoxy) is 2. The SMILES string of the molecule is COC(=O)CCCC#CCC#CCC#CCC#CCOc1ccccc1. The standard InChI is InChI=1S/C23H22O3/c1-25-23(24)20-16-11-9-7-5-3-2-4-6-8-10-12-17-21-26-22-18-14-13-15-19-22/h13-15,18-19H,4-5,10-11,16,20-21H2,1H3. The van der Waals surface area contributed by atoms with Gasteiger partial charge in [0.05, 0.1) is 26.4 Å². The van der Waals surface area contributed by atoms with Crippen LogP contribution in [0.2, 0.25) is 0 Å². The summed E-state index contributed by atoms with van der Waals surface area (Å²) in [5, 5.41) is 0. The number of para-hydroxylation sites is 1. The van der Waals surface area contributed by atoms with Crippen molar-refractivity contribution in [2.75, 3.05) is 13.7 Å². The van der Waals surface area contributed by atoms with E-state index in [4.69, 9.17) is 4.74 Å². The van der Waals surface area contributed by atoms with Crippen LogP contribution in [-0.4, -0.2) is 19.7 Å². The second kappa shape index (κ2) is 15.3. The number of carbonyl (C=O) groups excluding carboxylic acids is 1. The maximum atomic E-state index is 10.9. The third-order valence-corrected chi connectivity index (χ3v) is 2.99. The van der Waals surface area contributed by atoms with Crippen LogP contribution in [0.15, 0.2) is 30.3 Å². The minimum atomic E-state index is -0.196. The summed E-state index contributed by atoms with van der Waals surface area (Å²) in [6.45, 7) is 0.365. The summed E-state index contributed by atoms with van der Waals surface area (Å²) in [5.41, 5.74) is 0. The molecule has 3 nitrogen and oxygen atoms in total. The van der Waals surface area contributed by atoms with Crippen molar-refractivity contribution in [3.63, 3.8) is 0 Å². The smallest absolute Gasteiger partial charge is 0.305 e. The molecule has 0 amide bonds. The Hall–Kier alpha value is -3.27. The number of unbranched alkanes of at least 4 members (excludes halogenated alkanes) is 1. The number of benzene rings is 1. The van der Waals surface area contributed by atoms with Gasteiger partial charge in [-0.1, -0.05) is 59.6 Å². The van der Waals surface area contributed by atoms with Crippen molar-refractivity contribution in [1.29, 1.82) is 0 Å². The Morgan fingerprint density at radius 3 is 2.04 bits per heavy atom. The molecule has 0 unspecified atom stereocenters. The Balaban J connectivity index is 2.05. The van der Waals surface area contributed by atoms with Gasteiger partial charge >= 0.3 is 5.97 Å². The van der Waals surface area contributed by atoms with E-state index in [1.54, 1.807) is 0 Å². The highest BCUT2D eigenvalue weighted by molar-refractivity contribution is 5.69. The van der Waals surface area contributed by atoms with Gasteiger partial charge in [0.2, 0.25) is 0 Å². The first-order chi connectivity index (χ1) is 12.8. The van der Waals surface area contributed by atoms with Crippen LogP contribution in [0.3, 0.4) is 0 Å². The lowest BCUT2D eigenvalue weighted by atomic mass is 10.2. The predicted octanol–water partition coefficient (Wildman–Crippen LogP) is 3.59. The number of hydrogen-bond acceptors (Lipinski definition) is 3. The zero-order chi connectivity index (χ0) is 18.7. The lowest BCUT2D eigenvalue weighted by Gasteiger charge is -1.99. The number of hydrogen-bond donors (Lipinski definition) is 0. The fraction of sp³-hybridized carbons (Fsp3) is 0.348. The molecule has 0 heterocycles. The van der Waals surface area contributed by atoms with Crippen molar-refractivity contribution in [1.82, 2.24) is 0 Å². The first kappa shape index (κ1) is 20.8. The first-order valence-electron chi connectivity index (χ1n) is 8.40. The van der Waals surface area contributed by atoms with Gasteiger partial charge in [0, 0.05) is 12.8 Å². The third-order valence-electron chi connectivity index (χ3n) is 2.99. The van der Waals surface area contributed by atoms with Crippen LogP contribution < -0.4 is 4.74 Å². The topological polar surface area (TPSA) is 35.5 Å². The molecule has 3 heteroatoms. The lowest BCUT2D eigenvalue weighted by molar-refractivity contribution is -0.140. The van der Waals surface area contributed by atoms with Crippen molar-refractivity contribution >= 4 is 5.97 Å². The second-order valence-electron chi connectivity index (χ2n) is 4.98. The van der Waals surface area contributed by atoms with Gasteiger partial charge in [-0.25, -0.2) is 0 Å². The van der Waals surface area contributed by atoms with Gasteiger partial charge in [-0.15, -0.1) is 5.92 Å². The zero-order valence-corrected chi connectivity index (χ0v) is 15.1.